The number of piperidine rings is 1. The highest BCUT2D eigenvalue weighted by Crippen LogP contribution is 2.18. The molecule has 0 amide bonds. The van der Waals surface area contributed by atoms with Crippen molar-refractivity contribution in [3.63, 3.8) is 0 Å². The number of hydrogen-bond acceptors (Lipinski definition) is 4. The molecule has 5 nitrogen and oxygen atoms in total. The molecule has 112 valence electrons. The molecule has 0 bridgehead atoms. The van der Waals surface area contributed by atoms with Crippen molar-refractivity contribution in [2.75, 3.05) is 20.1 Å². The van der Waals surface area contributed by atoms with Crippen molar-refractivity contribution >= 4 is 10.9 Å². The fourth-order valence-electron chi connectivity index (χ4n) is 3.14. The standard InChI is InChI=1S/C16H22N4O/c1-17-10-12-6-4-5-9-20(12)11-15-18-14-8-3-2-7-13(14)16(21)19-15/h2-3,7-8,12,17H,4-6,9-11H2,1H3,(H,18,19,21). The molecule has 1 saturated heterocycles. The Morgan fingerprint density at radius 1 is 1.38 bits per heavy atom. The summed E-state index contributed by atoms with van der Waals surface area (Å²) in [6.45, 7) is 2.77. The molecular weight excluding hydrogens is 264 g/mol. The third-order valence-electron chi connectivity index (χ3n) is 4.20. The van der Waals surface area contributed by atoms with Gasteiger partial charge in [-0.05, 0) is 38.6 Å². The number of aromatic amines is 1. The molecular formula is C16H22N4O. The van der Waals surface area contributed by atoms with Crippen molar-refractivity contribution in [3.8, 4) is 0 Å². The summed E-state index contributed by atoms with van der Waals surface area (Å²) in [4.78, 5) is 22.1. The van der Waals surface area contributed by atoms with Gasteiger partial charge in [-0.1, -0.05) is 18.6 Å². The predicted molar refractivity (Wildman–Crippen MR) is 84.3 cm³/mol. The molecule has 1 fully saturated rings. The number of rotatable bonds is 4. The van der Waals surface area contributed by atoms with Crippen LogP contribution < -0.4 is 10.9 Å². The first-order chi connectivity index (χ1) is 10.3. The Labute approximate surface area is 124 Å². The molecule has 0 aliphatic carbocycles. The summed E-state index contributed by atoms with van der Waals surface area (Å²) in [5, 5.41) is 3.92. The first-order valence-corrected chi connectivity index (χ1v) is 7.64. The van der Waals surface area contributed by atoms with Crippen LogP contribution >= 0.6 is 0 Å². The third-order valence-corrected chi connectivity index (χ3v) is 4.20. The average molecular weight is 286 g/mol. The van der Waals surface area contributed by atoms with Crippen molar-refractivity contribution in [2.24, 2.45) is 0 Å². The van der Waals surface area contributed by atoms with Gasteiger partial charge in [0.15, 0.2) is 0 Å². The SMILES string of the molecule is CNCC1CCCCN1Cc1nc2ccccc2c(=O)[nH]1. The Balaban J connectivity index is 1.85. The monoisotopic (exact) mass is 286 g/mol. The van der Waals surface area contributed by atoms with Crippen LogP contribution in [-0.4, -0.2) is 41.0 Å². The second kappa shape index (κ2) is 6.37. The maximum absolute atomic E-state index is 12.1. The minimum atomic E-state index is -0.0437. The number of likely N-dealkylation sites (tertiary alicyclic amines) is 1. The van der Waals surface area contributed by atoms with Crippen LogP contribution in [0.2, 0.25) is 0 Å². The maximum Gasteiger partial charge on any atom is 0.258 e. The van der Waals surface area contributed by atoms with E-state index in [0.717, 1.165) is 24.4 Å². The smallest absolute Gasteiger partial charge is 0.258 e. The topological polar surface area (TPSA) is 61.0 Å². The number of para-hydroxylation sites is 1. The Morgan fingerprint density at radius 3 is 3.10 bits per heavy atom. The highest BCUT2D eigenvalue weighted by atomic mass is 16.1. The van der Waals surface area contributed by atoms with Gasteiger partial charge >= 0.3 is 0 Å². The third kappa shape index (κ3) is 3.14. The second-order valence-electron chi connectivity index (χ2n) is 5.71. The van der Waals surface area contributed by atoms with Gasteiger partial charge in [0.1, 0.15) is 5.82 Å². The number of benzene rings is 1. The first-order valence-electron chi connectivity index (χ1n) is 7.64. The fourth-order valence-corrected chi connectivity index (χ4v) is 3.14. The Hall–Kier alpha value is -1.72. The van der Waals surface area contributed by atoms with E-state index in [1.54, 1.807) is 0 Å². The quantitative estimate of drug-likeness (QED) is 0.894. The van der Waals surface area contributed by atoms with Crippen molar-refractivity contribution in [3.05, 3.63) is 40.4 Å². The highest BCUT2D eigenvalue weighted by Gasteiger charge is 2.22. The van der Waals surface area contributed by atoms with Gasteiger partial charge in [-0.2, -0.15) is 0 Å². The van der Waals surface area contributed by atoms with Crippen molar-refractivity contribution in [2.45, 2.75) is 31.8 Å². The Kier molecular flexibility index (Phi) is 4.31. The van der Waals surface area contributed by atoms with Gasteiger partial charge in [0, 0.05) is 12.6 Å². The summed E-state index contributed by atoms with van der Waals surface area (Å²) in [5.74, 6) is 0.765. The van der Waals surface area contributed by atoms with E-state index in [1.807, 2.05) is 31.3 Å². The van der Waals surface area contributed by atoms with Crippen LogP contribution in [0.25, 0.3) is 10.9 Å². The molecule has 0 radical (unpaired) electrons. The van der Waals surface area contributed by atoms with E-state index in [-0.39, 0.29) is 5.56 Å². The number of likely N-dealkylation sites (N-methyl/N-ethyl adjacent to an activating group) is 1. The molecule has 0 spiro atoms. The Morgan fingerprint density at radius 2 is 2.24 bits per heavy atom. The van der Waals surface area contributed by atoms with Crippen LogP contribution in [0.4, 0.5) is 0 Å². The van der Waals surface area contributed by atoms with Gasteiger partial charge in [0.2, 0.25) is 0 Å². The van der Waals surface area contributed by atoms with E-state index in [4.69, 9.17) is 0 Å². The molecule has 21 heavy (non-hydrogen) atoms. The van der Waals surface area contributed by atoms with Crippen molar-refractivity contribution < 1.29 is 0 Å². The first kappa shape index (κ1) is 14.2. The molecule has 0 saturated carbocycles. The summed E-state index contributed by atoms with van der Waals surface area (Å²) in [7, 11) is 1.99. The lowest BCUT2D eigenvalue weighted by molar-refractivity contribution is 0.136. The molecule has 1 aromatic heterocycles. The fraction of sp³-hybridized carbons (Fsp3) is 0.500. The van der Waals surface area contributed by atoms with E-state index >= 15 is 0 Å². The van der Waals surface area contributed by atoms with Crippen LogP contribution in [0.1, 0.15) is 25.1 Å². The molecule has 5 heteroatoms. The summed E-state index contributed by atoms with van der Waals surface area (Å²) in [6, 6.07) is 8.03. The van der Waals surface area contributed by atoms with E-state index in [0.29, 0.717) is 18.0 Å². The number of fused-ring (bicyclic) bond motifs is 1. The number of hydrogen-bond donors (Lipinski definition) is 2. The lowest BCUT2D eigenvalue weighted by atomic mass is 10.0. The minimum absolute atomic E-state index is 0.0437. The normalized spacial score (nSPS) is 20.0. The highest BCUT2D eigenvalue weighted by molar-refractivity contribution is 5.77. The summed E-state index contributed by atoms with van der Waals surface area (Å²) in [5.41, 5.74) is 0.733. The van der Waals surface area contributed by atoms with E-state index in [2.05, 4.69) is 20.2 Å². The van der Waals surface area contributed by atoms with Gasteiger partial charge < -0.3 is 10.3 Å². The summed E-state index contributed by atoms with van der Waals surface area (Å²) in [6.07, 6.45) is 3.71. The molecule has 1 unspecified atom stereocenters. The lowest BCUT2D eigenvalue weighted by Gasteiger charge is -2.35. The van der Waals surface area contributed by atoms with Gasteiger partial charge in [0.25, 0.3) is 5.56 Å². The number of aromatic nitrogens is 2. The molecule has 1 aliphatic rings. The molecule has 2 heterocycles. The van der Waals surface area contributed by atoms with Crippen molar-refractivity contribution in [1.29, 1.82) is 0 Å². The minimum Gasteiger partial charge on any atom is -0.318 e. The number of nitrogens with one attached hydrogen (secondary N) is 2. The van der Waals surface area contributed by atoms with Gasteiger partial charge in [-0.3, -0.25) is 9.69 Å². The number of H-pyrrole nitrogens is 1. The summed E-state index contributed by atoms with van der Waals surface area (Å²) < 4.78 is 0. The van der Waals surface area contributed by atoms with Crippen LogP contribution in [0.5, 0.6) is 0 Å². The Bertz CT molecular complexity index is 665. The largest absolute Gasteiger partial charge is 0.318 e. The van der Waals surface area contributed by atoms with Gasteiger partial charge in [-0.25, -0.2) is 4.98 Å². The number of nitrogens with zero attached hydrogens (tertiary/aromatic N) is 2. The molecule has 1 aromatic carbocycles. The zero-order chi connectivity index (χ0) is 14.7. The molecule has 2 N–H and O–H groups in total. The summed E-state index contributed by atoms with van der Waals surface area (Å²) >= 11 is 0. The molecule has 1 atom stereocenters. The lowest BCUT2D eigenvalue weighted by Crippen LogP contribution is -2.44. The average Bonchev–Trinajstić information content (AvgIpc) is 2.50. The van der Waals surface area contributed by atoms with E-state index < -0.39 is 0 Å². The zero-order valence-electron chi connectivity index (χ0n) is 12.4. The van der Waals surface area contributed by atoms with Crippen molar-refractivity contribution in [1.82, 2.24) is 20.2 Å². The van der Waals surface area contributed by atoms with Gasteiger partial charge in [-0.15, -0.1) is 0 Å². The molecule has 3 rings (SSSR count). The van der Waals surface area contributed by atoms with Crippen LogP contribution in [-0.2, 0) is 6.54 Å². The predicted octanol–water partition coefficient (Wildman–Crippen LogP) is 1.50. The molecule has 1 aliphatic heterocycles. The van der Waals surface area contributed by atoms with E-state index in [9.17, 15) is 4.79 Å². The van der Waals surface area contributed by atoms with E-state index in [1.165, 1.54) is 19.3 Å². The van der Waals surface area contributed by atoms with Crippen LogP contribution in [0, 0.1) is 0 Å². The zero-order valence-corrected chi connectivity index (χ0v) is 12.4. The second-order valence-corrected chi connectivity index (χ2v) is 5.71. The van der Waals surface area contributed by atoms with Gasteiger partial charge in [0.05, 0.1) is 17.4 Å². The van der Waals surface area contributed by atoms with Crippen LogP contribution in [0.15, 0.2) is 29.1 Å². The molecule has 2 aromatic rings. The van der Waals surface area contributed by atoms with Crippen LogP contribution in [0.3, 0.4) is 0 Å². The maximum atomic E-state index is 12.1.